The van der Waals surface area contributed by atoms with Crippen LogP contribution in [0.3, 0.4) is 0 Å². The summed E-state index contributed by atoms with van der Waals surface area (Å²) in [5.74, 6) is -0.366. The number of ether oxygens (including phenoxy) is 4. The van der Waals surface area contributed by atoms with Crippen molar-refractivity contribution in [3.05, 3.63) is 30.1 Å². The maximum Gasteiger partial charge on any atom is 0.417 e. The number of amides is 2. The molecule has 2 atom stereocenters. The molecule has 0 saturated carbocycles. The topological polar surface area (TPSA) is 78.2 Å². The molecule has 40 heavy (non-hydrogen) atoms. The van der Waals surface area contributed by atoms with E-state index >= 15 is 0 Å². The zero-order valence-corrected chi connectivity index (χ0v) is 25.5. The van der Waals surface area contributed by atoms with E-state index in [9.17, 15) is 9.59 Å². The zero-order chi connectivity index (χ0) is 28.8. The summed E-state index contributed by atoms with van der Waals surface area (Å²) in [5, 5.41) is 0. The number of carbonyl (C=O) groups is 2. The number of unbranched alkanes of at least 4 members (excludes halogenated alkanes) is 13. The van der Waals surface area contributed by atoms with Crippen LogP contribution < -0.4 is 4.57 Å². The number of rotatable bonds is 22. The van der Waals surface area contributed by atoms with Gasteiger partial charge in [0.15, 0.2) is 12.5 Å². The molecule has 8 nitrogen and oxygen atoms in total. The van der Waals surface area contributed by atoms with E-state index in [4.69, 9.17) is 18.9 Å². The van der Waals surface area contributed by atoms with Crippen LogP contribution in [0.25, 0.3) is 0 Å². The monoisotopic (exact) mass is 563 g/mol. The molecule has 2 heterocycles. The molecule has 8 heteroatoms. The minimum atomic E-state index is -0.680. The molecule has 1 aliphatic heterocycles. The van der Waals surface area contributed by atoms with E-state index in [1.165, 1.54) is 90.4 Å². The van der Waals surface area contributed by atoms with E-state index in [-0.39, 0.29) is 25.2 Å². The first-order valence-electron chi connectivity index (χ1n) is 15.8. The second-order valence-corrected chi connectivity index (χ2v) is 10.9. The van der Waals surface area contributed by atoms with Crippen LogP contribution >= 0.6 is 0 Å². The highest BCUT2D eigenvalue weighted by Gasteiger charge is 2.29. The lowest BCUT2D eigenvalue weighted by Crippen LogP contribution is -2.43. The molecule has 1 aliphatic rings. The minimum Gasteiger partial charge on any atom is -0.446 e. The van der Waals surface area contributed by atoms with Crippen LogP contribution in [-0.4, -0.2) is 55.7 Å². The summed E-state index contributed by atoms with van der Waals surface area (Å²) in [7, 11) is 0. The second-order valence-electron chi connectivity index (χ2n) is 10.9. The Morgan fingerprint density at radius 2 is 1.52 bits per heavy atom. The summed E-state index contributed by atoms with van der Waals surface area (Å²) < 4.78 is 24.6. The third-order valence-corrected chi connectivity index (χ3v) is 7.40. The van der Waals surface area contributed by atoms with E-state index in [0.717, 1.165) is 23.6 Å². The molecule has 0 aliphatic carbocycles. The van der Waals surface area contributed by atoms with Crippen molar-refractivity contribution in [1.29, 1.82) is 0 Å². The zero-order valence-electron chi connectivity index (χ0n) is 25.5. The molecule has 0 bridgehead atoms. The summed E-state index contributed by atoms with van der Waals surface area (Å²) >= 11 is 0. The molecule has 1 aromatic heterocycles. The molecule has 2 unspecified atom stereocenters. The lowest BCUT2D eigenvalue weighted by atomic mass is 10.0. The second kappa shape index (κ2) is 21.7. The Labute approximate surface area is 242 Å². The van der Waals surface area contributed by atoms with Crippen molar-refractivity contribution in [2.24, 2.45) is 0 Å². The lowest BCUT2D eigenvalue weighted by Gasteiger charge is -2.19. The molecule has 2 rings (SSSR count). The highest BCUT2D eigenvalue weighted by Crippen LogP contribution is 2.15. The van der Waals surface area contributed by atoms with E-state index in [1.54, 1.807) is 0 Å². The van der Waals surface area contributed by atoms with Gasteiger partial charge in [0, 0.05) is 25.7 Å². The lowest BCUT2D eigenvalue weighted by molar-refractivity contribution is -0.701. The summed E-state index contributed by atoms with van der Waals surface area (Å²) in [6, 6.07) is 5.70. The molecule has 1 fully saturated rings. The largest absolute Gasteiger partial charge is 0.446 e. The predicted molar refractivity (Wildman–Crippen MR) is 156 cm³/mol. The average Bonchev–Trinajstić information content (AvgIpc) is 3.42. The van der Waals surface area contributed by atoms with E-state index in [0.29, 0.717) is 19.8 Å². The fourth-order valence-electron chi connectivity index (χ4n) is 4.93. The minimum absolute atomic E-state index is 0.0284. The number of pyridine rings is 1. The van der Waals surface area contributed by atoms with Crippen LogP contribution in [0, 0.1) is 0 Å². The van der Waals surface area contributed by atoms with E-state index in [1.807, 2.05) is 35.9 Å². The predicted octanol–water partition coefficient (Wildman–Crippen LogP) is 6.72. The van der Waals surface area contributed by atoms with Crippen molar-refractivity contribution in [1.82, 2.24) is 4.90 Å². The molecular weight excluding hydrogens is 508 g/mol. The Kier molecular flexibility index (Phi) is 18.5. The Bertz CT molecular complexity index is 820. The van der Waals surface area contributed by atoms with E-state index < -0.39 is 12.4 Å². The van der Waals surface area contributed by atoms with Gasteiger partial charge in [-0.15, -0.1) is 0 Å². The number of hydrogen-bond acceptors (Lipinski definition) is 6. The van der Waals surface area contributed by atoms with Crippen LogP contribution in [0.1, 0.15) is 116 Å². The van der Waals surface area contributed by atoms with Crippen molar-refractivity contribution in [2.45, 2.75) is 136 Å². The fraction of sp³-hybridized carbons (Fsp3) is 0.781. The maximum absolute atomic E-state index is 12.6. The number of carbonyl (C=O) groups excluding carboxylic acids is 2. The SMILES string of the molecule is CCCCCCCCCCCCCCCCOCC1OCC(COC(=O)N(Cc2cccc[n+]2CC)C(C)=O)O1. The molecule has 228 valence electrons. The fourth-order valence-corrected chi connectivity index (χ4v) is 4.93. The Morgan fingerprint density at radius 3 is 2.12 bits per heavy atom. The Hall–Kier alpha value is -2.03. The van der Waals surface area contributed by atoms with Gasteiger partial charge in [-0.2, -0.15) is 0 Å². The Balaban J connectivity index is 1.46. The first-order chi connectivity index (χ1) is 19.5. The van der Waals surface area contributed by atoms with Crippen molar-refractivity contribution >= 4 is 12.0 Å². The summed E-state index contributed by atoms with van der Waals surface area (Å²) in [6.45, 7) is 7.97. The quantitative estimate of drug-likeness (QED) is 0.115. The van der Waals surface area contributed by atoms with Crippen molar-refractivity contribution in [3.63, 3.8) is 0 Å². The standard InChI is InChI=1S/C32H55N2O6/c1-4-6-7-8-9-10-11-12-13-14-15-16-17-20-23-37-27-31-38-25-30(40-31)26-39-32(36)34(28(3)35)24-29-21-18-19-22-33(29)5-2/h18-19,21-22,30-31H,4-17,20,23-27H2,1-3H3/q+1. The van der Waals surface area contributed by atoms with Gasteiger partial charge in [0.05, 0.1) is 13.2 Å². The van der Waals surface area contributed by atoms with Gasteiger partial charge in [0.2, 0.25) is 11.6 Å². The summed E-state index contributed by atoms with van der Waals surface area (Å²) in [4.78, 5) is 25.8. The van der Waals surface area contributed by atoms with Gasteiger partial charge in [-0.1, -0.05) is 96.5 Å². The van der Waals surface area contributed by atoms with Crippen molar-refractivity contribution in [2.75, 3.05) is 26.4 Å². The molecule has 0 radical (unpaired) electrons. The van der Waals surface area contributed by atoms with Gasteiger partial charge in [-0.3, -0.25) is 4.79 Å². The van der Waals surface area contributed by atoms with Crippen LogP contribution in [0.2, 0.25) is 0 Å². The average molecular weight is 564 g/mol. The number of nitrogens with zero attached hydrogens (tertiary/aromatic N) is 2. The smallest absolute Gasteiger partial charge is 0.417 e. The number of imide groups is 1. The Morgan fingerprint density at radius 1 is 0.900 bits per heavy atom. The first-order valence-corrected chi connectivity index (χ1v) is 15.8. The van der Waals surface area contributed by atoms with Gasteiger partial charge in [0.1, 0.15) is 25.8 Å². The van der Waals surface area contributed by atoms with Crippen LogP contribution in [-0.2, 0) is 36.8 Å². The molecule has 1 saturated heterocycles. The van der Waals surface area contributed by atoms with Gasteiger partial charge in [-0.25, -0.2) is 14.3 Å². The summed E-state index contributed by atoms with van der Waals surface area (Å²) in [6.07, 6.45) is 19.1. The van der Waals surface area contributed by atoms with Crippen LogP contribution in [0.4, 0.5) is 4.79 Å². The maximum atomic E-state index is 12.6. The molecule has 1 aromatic rings. The normalized spacial score (nSPS) is 16.8. The molecule has 0 spiro atoms. The van der Waals surface area contributed by atoms with Crippen LogP contribution in [0.5, 0.6) is 0 Å². The van der Waals surface area contributed by atoms with Gasteiger partial charge in [0.25, 0.3) is 0 Å². The van der Waals surface area contributed by atoms with Crippen molar-refractivity contribution < 1.29 is 33.1 Å². The number of hydrogen-bond donors (Lipinski definition) is 0. The van der Waals surface area contributed by atoms with Gasteiger partial charge in [-0.05, 0) is 13.3 Å². The molecular formula is C32H55N2O6+. The van der Waals surface area contributed by atoms with Gasteiger partial charge >= 0.3 is 6.09 Å². The summed E-state index contributed by atoms with van der Waals surface area (Å²) in [5.41, 5.74) is 0.855. The number of aromatic nitrogens is 1. The third kappa shape index (κ3) is 14.6. The van der Waals surface area contributed by atoms with E-state index in [2.05, 4.69) is 6.92 Å². The molecule has 2 amide bonds. The van der Waals surface area contributed by atoms with Gasteiger partial charge < -0.3 is 18.9 Å². The first kappa shape index (κ1) is 34.2. The molecule has 0 N–H and O–H groups in total. The molecule has 0 aromatic carbocycles. The highest BCUT2D eigenvalue weighted by molar-refractivity contribution is 5.90. The van der Waals surface area contributed by atoms with Crippen LogP contribution in [0.15, 0.2) is 24.4 Å². The third-order valence-electron chi connectivity index (χ3n) is 7.40. The number of aryl methyl sites for hydroxylation is 1. The highest BCUT2D eigenvalue weighted by atomic mass is 16.7. The van der Waals surface area contributed by atoms with Crippen molar-refractivity contribution in [3.8, 4) is 0 Å².